The Morgan fingerprint density at radius 3 is 1.71 bits per heavy atom. The Morgan fingerprint density at radius 2 is 1.25 bits per heavy atom. The third kappa shape index (κ3) is 2.63. The molecule has 0 bridgehead atoms. The zero-order chi connectivity index (χ0) is 19.1. The number of amidine groups is 2. The van der Waals surface area contributed by atoms with Crippen LogP contribution in [0.15, 0.2) is 86.1 Å². The van der Waals surface area contributed by atoms with Gasteiger partial charge in [0.15, 0.2) is 23.8 Å². The van der Waals surface area contributed by atoms with Crippen molar-refractivity contribution in [3.63, 3.8) is 0 Å². The highest BCUT2D eigenvalue weighted by Gasteiger charge is 2.30. The SMILES string of the molecule is COC1=CC=CC2=NC(c3cccc(C4=NC5C(OC)=CC=CC5=N4)n3)=NC12. The maximum absolute atomic E-state index is 5.41. The first-order valence-corrected chi connectivity index (χ1v) is 8.92. The molecule has 4 aliphatic rings. The Labute approximate surface area is 162 Å². The molecule has 1 aromatic heterocycles. The number of aromatic nitrogens is 1. The maximum Gasteiger partial charge on any atom is 0.175 e. The van der Waals surface area contributed by atoms with Gasteiger partial charge >= 0.3 is 0 Å². The Balaban J connectivity index is 1.48. The van der Waals surface area contributed by atoms with E-state index in [4.69, 9.17) is 14.5 Å². The van der Waals surface area contributed by atoms with E-state index in [9.17, 15) is 0 Å². The highest BCUT2D eigenvalue weighted by atomic mass is 16.5. The normalized spacial score (nSPS) is 24.4. The van der Waals surface area contributed by atoms with Crippen molar-refractivity contribution in [2.24, 2.45) is 20.0 Å². The molecule has 7 heteroatoms. The number of nitrogens with zero attached hydrogens (tertiary/aromatic N) is 5. The molecule has 2 atom stereocenters. The third-order valence-corrected chi connectivity index (χ3v) is 4.81. The molecule has 2 aliphatic carbocycles. The lowest BCUT2D eigenvalue weighted by Gasteiger charge is -2.13. The zero-order valence-electron chi connectivity index (χ0n) is 15.4. The van der Waals surface area contributed by atoms with Crippen LogP contribution in [0.3, 0.4) is 0 Å². The fourth-order valence-electron chi connectivity index (χ4n) is 3.43. The van der Waals surface area contributed by atoms with Crippen molar-refractivity contribution >= 4 is 23.1 Å². The summed E-state index contributed by atoms with van der Waals surface area (Å²) in [6.45, 7) is 0. The number of fused-ring (bicyclic) bond motifs is 2. The van der Waals surface area contributed by atoms with Gasteiger partial charge in [0.1, 0.15) is 22.9 Å². The third-order valence-electron chi connectivity index (χ3n) is 4.81. The van der Waals surface area contributed by atoms with Crippen LogP contribution in [0.4, 0.5) is 0 Å². The molecule has 2 aliphatic heterocycles. The van der Waals surface area contributed by atoms with E-state index < -0.39 is 0 Å². The van der Waals surface area contributed by atoms with E-state index in [2.05, 4.69) is 20.0 Å². The van der Waals surface area contributed by atoms with Crippen LogP contribution in [0.2, 0.25) is 0 Å². The van der Waals surface area contributed by atoms with Gasteiger partial charge in [0.2, 0.25) is 0 Å². The Morgan fingerprint density at radius 1 is 0.750 bits per heavy atom. The largest absolute Gasteiger partial charge is 0.498 e. The van der Waals surface area contributed by atoms with Crippen LogP contribution in [0, 0.1) is 0 Å². The summed E-state index contributed by atoms with van der Waals surface area (Å²) in [5, 5.41) is 0. The molecule has 7 nitrogen and oxygen atoms in total. The van der Waals surface area contributed by atoms with Crippen molar-refractivity contribution in [1.29, 1.82) is 0 Å². The number of aliphatic imine (C=N–C) groups is 4. The number of ether oxygens (including phenoxy) is 2. The van der Waals surface area contributed by atoms with Gasteiger partial charge in [-0.3, -0.25) is 0 Å². The molecule has 0 saturated carbocycles. The molecule has 0 amide bonds. The summed E-state index contributed by atoms with van der Waals surface area (Å²) < 4.78 is 10.8. The lowest BCUT2D eigenvalue weighted by Crippen LogP contribution is -2.19. The second-order valence-corrected chi connectivity index (χ2v) is 6.46. The van der Waals surface area contributed by atoms with Crippen LogP contribution in [0.25, 0.3) is 0 Å². The number of hydrogen-bond donors (Lipinski definition) is 0. The van der Waals surface area contributed by atoms with Crippen LogP contribution in [0.5, 0.6) is 0 Å². The molecule has 0 aromatic carbocycles. The molecule has 0 saturated heterocycles. The number of rotatable bonds is 4. The Kier molecular flexibility index (Phi) is 3.86. The molecule has 3 heterocycles. The molecule has 28 heavy (non-hydrogen) atoms. The lowest BCUT2D eigenvalue weighted by atomic mass is 10.1. The molecule has 138 valence electrons. The van der Waals surface area contributed by atoms with Gasteiger partial charge in [-0.2, -0.15) is 0 Å². The standard InChI is InChI=1S/C21H17N5O2/c1-27-16-10-4-6-12-18(16)25-20(23-12)14-8-3-9-15(22-14)21-24-13-7-5-11-17(28-2)19(13)26-21/h3-11,18-19H,1-2H3. The van der Waals surface area contributed by atoms with Crippen LogP contribution in [-0.4, -0.2) is 54.4 Å². The van der Waals surface area contributed by atoms with E-state index in [1.165, 1.54) is 0 Å². The molecular weight excluding hydrogens is 354 g/mol. The van der Waals surface area contributed by atoms with Crippen molar-refractivity contribution in [1.82, 2.24) is 4.98 Å². The Hall–Kier alpha value is -3.61. The van der Waals surface area contributed by atoms with Gasteiger partial charge in [0.25, 0.3) is 0 Å². The average molecular weight is 371 g/mol. The lowest BCUT2D eigenvalue weighted by molar-refractivity contribution is 0.278. The summed E-state index contributed by atoms with van der Waals surface area (Å²) in [7, 11) is 3.28. The number of pyridine rings is 1. The van der Waals surface area contributed by atoms with Crippen LogP contribution in [-0.2, 0) is 9.47 Å². The predicted molar refractivity (Wildman–Crippen MR) is 108 cm³/mol. The first kappa shape index (κ1) is 16.6. The fourth-order valence-corrected chi connectivity index (χ4v) is 3.43. The summed E-state index contributed by atoms with van der Waals surface area (Å²) in [4.78, 5) is 23.3. The van der Waals surface area contributed by atoms with Crippen LogP contribution in [0.1, 0.15) is 11.4 Å². The monoisotopic (exact) mass is 371 g/mol. The quantitative estimate of drug-likeness (QED) is 0.815. The average Bonchev–Trinajstić information content (AvgIpc) is 3.37. The van der Waals surface area contributed by atoms with Gasteiger partial charge < -0.3 is 9.47 Å². The second kappa shape index (κ2) is 6.53. The van der Waals surface area contributed by atoms with Crippen molar-refractivity contribution in [3.05, 3.63) is 77.6 Å². The van der Waals surface area contributed by atoms with E-state index in [1.807, 2.05) is 54.7 Å². The minimum Gasteiger partial charge on any atom is -0.498 e. The van der Waals surface area contributed by atoms with Crippen molar-refractivity contribution in [2.75, 3.05) is 14.2 Å². The van der Waals surface area contributed by atoms with Gasteiger partial charge in [-0.25, -0.2) is 25.0 Å². The van der Waals surface area contributed by atoms with Crippen molar-refractivity contribution < 1.29 is 9.47 Å². The highest BCUT2D eigenvalue weighted by Crippen LogP contribution is 2.24. The minimum atomic E-state index is -0.207. The number of allylic oxidation sites excluding steroid dienone is 4. The topological polar surface area (TPSA) is 80.8 Å². The van der Waals surface area contributed by atoms with E-state index in [0.29, 0.717) is 23.1 Å². The molecule has 0 N–H and O–H groups in total. The molecule has 0 radical (unpaired) electrons. The van der Waals surface area contributed by atoms with Crippen molar-refractivity contribution in [3.8, 4) is 0 Å². The second-order valence-electron chi connectivity index (χ2n) is 6.46. The number of hydrogen-bond acceptors (Lipinski definition) is 7. The first-order valence-electron chi connectivity index (χ1n) is 8.92. The smallest absolute Gasteiger partial charge is 0.175 e. The van der Waals surface area contributed by atoms with Gasteiger partial charge in [-0.15, -0.1) is 0 Å². The summed E-state index contributed by atoms with van der Waals surface area (Å²) in [6, 6.07) is 5.28. The van der Waals surface area contributed by atoms with Gasteiger partial charge in [0, 0.05) is 0 Å². The molecule has 5 rings (SSSR count). The van der Waals surface area contributed by atoms with E-state index in [1.54, 1.807) is 14.2 Å². The first-order chi connectivity index (χ1) is 13.8. The zero-order valence-corrected chi connectivity index (χ0v) is 15.4. The molecule has 0 fully saturated rings. The minimum absolute atomic E-state index is 0.207. The molecule has 1 aromatic rings. The fraction of sp³-hybridized carbons (Fsp3) is 0.190. The van der Waals surface area contributed by atoms with Gasteiger partial charge in [-0.05, 0) is 36.4 Å². The molecule has 0 spiro atoms. The summed E-state index contributed by atoms with van der Waals surface area (Å²) in [5.74, 6) is 2.71. The molecule has 2 unspecified atom stereocenters. The summed E-state index contributed by atoms with van der Waals surface area (Å²) in [5.41, 5.74) is 3.07. The van der Waals surface area contributed by atoms with Crippen LogP contribution >= 0.6 is 0 Å². The predicted octanol–water partition coefficient (Wildman–Crippen LogP) is 2.42. The van der Waals surface area contributed by atoms with Crippen LogP contribution < -0.4 is 0 Å². The van der Waals surface area contributed by atoms with E-state index in [0.717, 1.165) is 22.9 Å². The number of methoxy groups -OCH3 is 2. The highest BCUT2D eigenvalue weighted by molar-refractivity contribution is 6.19. The van der Waals surface area contributed by atoms with Gasteiger partial charge in [0.05, 0.1) is 25.6 Å². The molecular formula is C21H17N5O2. The van der Waals surface area contributed by atoms with Gasteiger partial charge in [-0.1, -0.05) is 18.2 Å². The summed E-state index contributed by atoms with van der Waals surface area (Å²) in [6.07, 6.45) is 11.5. The summed E-state index contributed by atoms with van der Waals surface area (Å²) >= 11 is 0. The Bertz CT molecular complexity index is 1020. The maximum atomic E-state index is 5.41. The van der Waals surface area contributed by atoms with E-state index >= 15 is 0 Å². The van der Waals surface area contributed by atoms with E-state index in [-0.39, 0.29) is 12.1 Å². The van der Waals surface area contributed by atoms with Crippen molar-refractivity contribution in [2.45, 2.75) is 12.1 Å².